The minimum Gasteiger partial charge on any atom is -0.399 e. The molecule has 0 radical (unpaired) electrons. The van der Waals surface area contributed by atoms with Crippen LogP contribution in [0.2, 0.25) is 0 Å². The van der Waals surface area contributed by atoms with E-state index in [9.17, 15) is 15.8 Å². The summed E-state index contributed by atoms with van der Waals surface area (Å²) in [5.74, 6) is -0.156. The van der Waals surface area contributed by atoms with Crippen molar-refractivity contribution in [2.75, 3.05) is 19.6 Å². The predicted molar refractivity (Wildman–Crippen MR) is 82.6 cm³/mol. The molecule has 0 fully saturated rings. The number of hydrogen-bond donors (Lipinski definition) is 1. The molecule has 1 aliphatic heterocycles. The van der Waals surface area contributed by atoms with E-state index in [1.807, 2.05) is 6.92 Å². The van der Waals surface area contributed by atoms with Crippen molar-refractivity contribution in [2.45, 2.75) is 26.7 Å². The quantitative estimate of drug-likeness (QED) is 0.858. The lowest BCUT2D eigenvalue weighted by molar-refractivity contribution is 0.164. The van der Waals surface area contributed by atoms with Gasteiger partial charge in [0.05, 0.1) is 23.4 Å². The average molecular weight is 295 g/mol. The summed E-state index contributed by atoms with van der Waals surface area (Å²) >= 11 is 0. The summed E-state index contributed by atoms with van der Waals surface area (Å²) in [7, 11) is 0. The maximum absolute atomic E-state index is 9.66. The van der Waals surface area contributed by atoms with Crippen molar-refractivity contribution in [3.63, 3.8) is 0 Å². The molecular formula is C17H21N5. The highest BCUT2D eigenvalue weighted by molar-refractivity contribution is 5.56. The van der Waals surface area contributed by atoms with Crippen molar-refractivity contribution in [3.05, 3.63) is 22.9 Å². The largest absolute Gasteiger partial charge is 0.399 e. The summed E-state index contributed by atoms with van der Waals surface area (Å²) < 4.78 is 0. The van der Waals surface area contributed by atoms with Crippen LogP contribution in [0.25, 0.3) is 0 Å². The van der Waals surface area contributed by atoms with Gasteiger partial charge in [-0.2, -0.15) is 15.8 Å². The Morgan fingerprint density at radius 3 is 2.50 bits per heavy atom. The molecule has 0 spiro atoms. The second-order valence-electron chi connectivity index (χ2n) is 5.97. The molecule has 114 valence electrons. The smallest absolute Gasteiger partial charge is 0.187 e. The van der Waals surface area contributed by atoms with E-state index < -0.39 is 5.41 Å². The molecule has 2 atom stereocenters. The summed E-state index contributed by atoms with van der Waals surface area (Å²) in [4.78, 5) is 2.31. The number of allylic oxidation sites excluding steroid dienone is 2. The number of nitrogens with two attached hydrogens (primary N) is 1. The Morgan fingerprint density at radius 2 is 2.00 bits per heavy atom. The molecule has 0 saturated heterocycles. The van der Waals surface area contributed by atoms with Crippen molar-refractivity contribution in [1.29, 1.82) is 15.8 Å². The van der Waals surface area contributed by atoms with Gasteiger partial charge in [-0.05, 0) is 25.0 Å². The van der Waals surface area contributed by atoms with Crippen LogP contribution in [0.1, 0.15) is 26.7 Å². The fourth-order valence-corrected chi connectivity index (χ4v) is 3.84. The minimum atomic E-state index is -1.39. The first kappa shape index (κ1) is 16.1. The molecule has 22 heavy (non-hydrogen) atoms. The standard InChI is InChI=1S/C17H21N5/c1-3-6-22-7-5-12-13(8-18)16(21)17(10-19,11-20)15(4-2)14(12)9-22/h5,14-15H,3-4,6-7,9,21H2,1-2H3/t14-,15+/m1/s1. The van der Waals surface area contributed by atoms with Crippen LogP contribution in [0.5, 0.6) is 0 Å². The minimum absolute atomic E-state index is 0.0200. The first-order valence-corrected chi connectivity index (χ1v) is 7.75. The Kier molecular flexibility index (Phi) is 4.55. The van der Waals surface area contributed by atoms with E-state index in [-0.39, 0.29) is 17.5 Å². The van der Waals surface area contributed by atoms with Crippen LogP contribution in [0.3, 0.4) is 0 Å². The summed E-state index contributed by atoms with van der Waals surface area (Å²) in [5, 5.41) is 28.8. The molecule has 0 unspecified atom stereocenters. The highest BCUT2D eigenvalue weighted by atomic mass is 15.1. The summed E-state index contributed by atoms with van der Waals surface area (Å²) in [6.07, 6.45) is 3.79. The van der Waals surface area contributed by atoms with Gasteiger partial charge in [0.2, 0.25) is 0 Å². The number of nitriles is 3. The Hall–Kier alpha value is -2.29. The zero-order chi connectivity index (χ0) is 16.3. The van der Waals surface area contributed by atoms with Crippen molar-refractivity contribution >= 4 is 0 Å². The van der Waals surface area contributed by atoms with Crippen molar-refractivity contribution in [1.82, 2.24) is 4.90 Å². The molecule has 2 rings (SSSR count). The fraction of sp³-hybridized carbons (Fsp3) is 0.588. The Bertz CT molecular complexity index is 623. The van der Waals surface area contributed by atoms with Crippen LogP contribution in [-0.2, 0) is 0 Å². The lowest BCUT2D eigenvalue weighted by Crippen LogP contribution is -2.49. The first-order valence-electron chi connectivity index (χ1n) is 7.75. The second-order valence-corrected chi connectivity index (χ2v) is 5.97. The molecule has 2 aliphatic rings. The Labute approximate surface area is 131 Å². The van der Waals surface area contributed by atoms with Gasteiger partial charge in [0.1, 0.15) is 6.07 Å². The van der Waals surface area contributed by atoms with Crippen molar-refractivity contribution in [3.8, 4) is 18.2 Å². The van der Waals surface area contributed by atoms with Crippen LogP contribution in [-0.4, -0.2) is 24.5 Å². The summed E-state index contributed by atoms with van der Waals surface area (Å²) in [5.41, 5.74) is 6.13. The molecule has 0 bridgehead atoms. The topological polar surface area (TPSA) is 101 Å². The molecular weight excluding hydrogens is 274 g/mol. The van der Waals surface area contributed by atoms with Gasteiger partial charge in [-0.25, -0.2) is 0 Å². The second kappa shape index (κ2) is 6.22. The normalized spacial score (nSPS) is 27.1. The maximum Gasteiger partial charge on any atom is 0.187 e. The first-order chi connectivity index (χ1) is 10.6. The molecule has 1 aliphatic carbocycles. The van der Waals surface area contributed by atoms with Gasteiger partial charge in [-0.15, -0.1) is 0 Å². The van der Waals surface area contributed by atoms with Crippen molar-refractivity contribution < 1.29 is 0 Å². The molecule has 5 heteroatoms. The molecule has 0 aromatic rings. The number of nitrogens with zero attached hydrogens (tertiary/aromatic N) is 4. The van der Waals surface area contributed by atoms with Crippen molar-refractivity contribution in [2.24, 2.45) is 23.0 Å². The molecule has 5 nitrogen and oxygen atoms in total. The van der Waals surface area contributed by atoms with Crippen LogP contribution in [0.4, 0.5) is 0 Å². The Morgan fingerprint density at radius 1 is 1.32 bits per heavy atom. The van der Waals surface area contributed by atoms with Gasteiger partial charge < -0.3 is 5.73 Å². The number of hydrogen-bond acceptors (Lipinski definition) is 5. The zero-order valence-electron chi connectivity index (χ0n) is 13.1. The third kappa shape index (κ3) is 2.17. The van der Waals surface area contributed by atoms with Crippen LogP contribution < -0.4 is 5.73 Å². The van der Waals surface area contributed by atoms with Crippen LogP contribution in [0.15, 0.2) is 22.9 Å². The van der Waals surface area contributed by atoms with Gasteiger partial charge in [0, 0.05) is 24.9 Å². The fourth-order valence-electron chi connectivity index (χ4n) is 3.84. The highest BCUT2D eigenvalue weighted by Gasteiger charge is 2.52. The lowest BCUT2D eigenvalue weighted by atomic mass is 9.59. The lowest BCUT2D eigenvalue weighted by Gasteiger charge is -2.45. The third-order valence-electron chi connectivity index (χ3n) is 4.89. The van der Waals surface area contributed by atoms with E-state index in [2.05, 4.69) is 36.1 Å². The van der Waals surface area contributed by atoms with E-state index >= 15 is 0 Å². The molecule has 0 amide bonds. The van der Waals surface area contributed by atoms with Crippen LogP contribution in [0, 0.1) is 51.2 Å². The summed E-state index contributed by atoms with van der Waals surface area (Å²) in [6.45, 7) is 6.66. The molecule has 0 saturated carbocycles. The maximum atomic E-state index is 9.66. The molecule has 0 aromatic heterocycles. The zero-order valence-corrected chi connectivity index (χ0v) is 13.1. The third-order valence-corrected chi connectivity index (χ3v) is 4.89. The van der Waals surface area contributed by atoms with Gasteiger partial charge in [0.25, 0.3) is 0 Å². The van der Waals surface area contributed by atoms with E-state index in [1.165, 1.54) is 0 Å². The van der Waals surface area contributed by atoms with E-state index in [4.69, 9.17) is 5.73 Å². The van der Waals surface area contributed by atoms with E-state index in [1.54, 1.807) is 0 Å². The molecule has 1 heterocycles. The van der Waals surface area contributed by atoms with Gasteiger partial charge in [-0.1, -0.05) is 19.9 Å². The monoisotopic (exact) mass is 295 g/mol. The molecule has 0 aromatic carbocycles. The van der Waals surface area contributed by atoms with E-state index in [0.29, 0.717) is 12.0 Å². The average Bonchev–Trinajstić information content (AvgIpc) is 2.54. The SMILES string of the molecule is CCCN1CC=C2C(C#N)=C(N)C(C#N)(C#N)[C@@H](CC)[C@@H]2C1. The predicted octanol–water partition coefficient (Wildman–Crippen LogP) is 2.06. The van der Waals surface area contributed by atoms with Crippen LogP contribution >= 0.6 is 0 Å². The molecule has 2 N–H and O–H groups in total. The highest BCUT2D eigenvalue weighted by Crippen LogP contribution is 2.50. The Balaban J connectivity index is 2.61. The number of fused-ring (bicyclic) bond motifs is 1. The number of rotatable bonds is 3. The summed E-state index contributed by atoms with van der Waals surface area (Å²) in [6, 6.07) is 6.38. The van der Waals surface area contributed by atoms with E-state index in [0.717, 1.165) is 31.6 Å². The van der Waals surface area contributed by atoms with Gasteiger partial charge in [-0.3, -0.25) is 4.90 Å². The van der Waals surface area contributed by atoms with Gasteiger partial charge in [0.15, 0.2) is 5.41 Å². The van der Waals surface area contributed by atoms with Gasteiger partial charge >= 0.3 is 0 Å².